The van der Waals surface area contributed by atoms with Crippen LogP contribution in [0, 0.1) is 0 Å². The van der Waals surface area contributed by atoms with Gasteiger partial charge in [-0.1, -0.05) is 18.2 Å². The van der Waals surface area contributed by atoms with Crippen LogP contribution in [0.25, 0.3) is 0 Å². The minimum Gasteiger partial charge on any atom is -0.489 e. The van der Waals surface area contributed by atoms with Crippen LogP contribution in [0.1, 0.15) is 13.8 Å². The number of hydrogen-bond acceptors (Lipinski definition) is 4. The van der Waals surface area contributed by atoms with Gasteiger partial charge in [-0.05, 0) is 37.4 Å². The van der Waals surface area contributed by atoms with Crippen LogP contribution in [0.5, 0.6) is 5.75 Å². The van der Waals surface area contributed by atoms with Crippen LogP contribution >= 0.6 is 11.3 Å². The molecular weight excluding hydrogens is 282 g/mol. The Hall–Kier alpha value is -1.53. The van der Waals surface area contributed by atoms with Crippen LogP contribution in [-0.2, 0) is 10.0 Å². The average Bonchev–Trinajstić information content (AvgIpc) is 2.85. The fraction of sp³-hybridized carbons (Fsp3) is 0.231. The fourth-order valence-electron chi connectivity index (χ4n) is 1.52. The van der Waals surface area contributed by atoms with E-state index in [1.165, 1.54) is 11.3 Å². The molecule has 0 amide bonds. The second-order valence-electron chi connectivity index (χ2n) is 4.20. The zero-order chi connectivity index (χ0) is 13.9. The molecule has 0 spiro atoms. The molecule has 0 bridgehead atoms. The number of benzene rings is 1. The van der Waals surface area contributed by atoms with Crippen LogP contribution in [0.4, 0.5) is 5.69 Å². The summed E-state index contributed by atoms with van der Waals surface area (Å²) in [5, 5.41) is 1.73. The molecule has 0 fully saturated rings. The lowest BCUT2D eigenvalue weighted by Gasteiger charge is -2.15. The monoisotopic (exact) mass is 297 g/mol. The van der Waals surface area contributed by atoms with Gasteiger partial charge in [-0.15, -0.1) is 11.3 Å². The Bertz CT molecular complexity index is 634. The molecule has 0 saturated carbocycles. The summed E-state index contributed by atoms with van der Waals surface area (Å²) in [5.74, 6) is 0.526. The first-order chi connectivity index (χ1) is 8.99. The quantitative estimate of drug-likeness (QED) is 0.921. The van der Waals surface area contributed by atoms with Gasteiger partial charge >= 0.3 is 0 Å². The third kappa shape index (κ3) is 3.48. The zero-order valence-corrected chi connectivity index (χ0v) is 12.3. The lowest BCUT2D eigenvalue weighted by molar-refractivity contribution is 0.244. The lowest BCUT2D eigenvalue weighted by atomic mass is 10.3. The number of rotatable bonds is 5. The first-order valence-corrected chi connectivity index (χ1v) is 8.17. The van der Waals surface area contributed by atoms with Crippen molar-refractivity contribution in [2.45, 2.75) is 24.2 Å². The molecule has 0 saturated heterocycles. The predicted octanol–water partition coefficient (Wildman–Crippen LogP) is 3.34. The predicted molar refractivity (Wildman–Crippen MR) is 77.3 cm³/mol. The number of nitrogens with one attached hydrogen (secondary N) is 1. The van der Waals surface area contributed by atoms with Gasteiger partial charge in [0.2, 0.25) is 0 Å². The Morgan fingerprint density at radius 2 is 1.89 bits per heavy atom. The van der Waals surface area contributed by atoms with E-state index in [4.69, 9.17) is 4.74 Å². The Balaban J connectivity index is 2.29. The Morgan fingerprint density at radius 1 is 1.16 bits per heavy atom. The summed E-state index contributed by atoms with van der Waals surface area (Å²) in [6.45, 7) is 3.79. The van der Waals surface area contributed by atoms with Crippen molar-refractivity contribution in [3.63, 3.8) is 0 Å². The van der Waals surface area contributed by atoms with Gasteiger partial charge in [0.1, 0.15) is 9.96 Å². The molecule has 0 radical (unpaired) electrons. The molecule has 102 valence electrons. The van der Waals surface area contributed by atoms with Crippen molar-refractivity contribution in [3.8, 4) is 5.75 Å². The summed E-state index contributed by atoms with van der Waals surface area (Å²) in [6, 6.07) is 10.3. The number of hydrogen-bond donors (Lipinski definition) is 1. The molecule has 0 aliphatic carbocycles. The third-order valence-corrected chi connectivity index (χ3v) is 5.02. The molecule has 0 unspecified atom stereocenters. The fourth-order valence-corrected chi connectivity index (χ4v) is 3.58. The highest BCUT2D eigenvalue weighted by atomic mass is 32.2. The average molecular weight is 297 g/mol. The molecule has 19 heavy (non-hydrogen) atoms. The standard InChI is InChI=1S/C13H15NO3S2/c1-10(2)17-12-7-4-3-6-11(12)14-19(15,16)13-8-5-9-18-13/h3-10,14H,1-2H3. The Kier molecular flexibility index (Phi) is 4.11. The van der Waals surface area contributed by atoms with Gasteiger partial charge in [0.25, 0.3) is 10.0 Å². The SMILES string of the molecule is CC(C)Oc1ccccc1NS(=O)(=O)c1cccs1. The van der Waals surface area contributed by atoms with E-state index in [2.05, 4.69) is 4.72 Å². The van der Waals surface area contributed by atoms with Crippen LogP contribution in [-0.4, -0.2) is 14.5 Å². The van der Waals surface area contributed by atoms with Crippen LogP contribution in [0.2, 0.25) is 0 Å². The molecule has 1 N–H and O–H groups in total. The Morgan fingerprint density at radius 3 is 2.53 bits per heavy atom. The summed E-state index contributed by atoms with van der Waals surface area (Å²) < 4.78 is 32.7. The van der Waals surface area contributed by atoms with Crippen LogP contribution in [0.3, 0.4) is 0 Å². The first-order valence-electron chi connectivity index (χ1n) is 5.81. The minimum atomic E-state index is -3.54. The van der Waals surface area contributed by atoms with Crippen LogP contribution < -0.4 is 9.46 Å². The van der Waals surface area contributed by atoms with E-state index >= 15 is 0 Å². The number of anilines is 1. The van der Waals surface area contributed by atoms with E-state index in [9.17, 15) is 8.42 Å². The molecule has 1 aromatic heterocycles. The first kappa shape index (κ1) is 13.9. The molecule has 1 heterocycles. The van der Waals surface area contributed by atoms with Gasteiger partial charge in [0, 0.05) is 0 Å². The summed E-state index contributed by atoms with van der Waals surface area (Å²) >= 11 is 1.18. The maximum atomic E-state index is 12.1. The van der Waals surface area contributed by atoms with Crippen molar-refractivity contribution in [2.24, 2.45) is 0 Å². The van der Waals surface area contributed by atoms with E-state index < -0.39 is 10.0 Å². The van der Waals surface area contributed by atoms with E-state index in [0.29, 0.717) is 11.4 Å². The number of thiophene rings is 1. The summed E-state index contributed by atoms with van der Waals surface area (Å²) in [4.78, 5) is 0. The maximum Gasteiger partial charge on any atom is 0.271 e. The molecule has 1 aromatic carbocycles. The highest BCUT2D eigenvalue weighted by Gasteiger charge is 2.17. The maximum absolute atomic E-state index is 12.1. The molecular formula is C13H15NO3S2. The lowest BCUT2D eigenvalue weighted by Crippen LogP contribution is -2.14. The van der Waals surface area contributed by atoms with Crippen molar-refractivity contribution < 1.29 is 13.2 Å². The molecule has 4 nitrogen and oxygen atoms in total. The van der Waals surface area contributed by atoms with E-state index in [1.54, 1.807) is 41.8 Å². The second kappa shape index (κ2) is 5.63. The second-order valence-corrected chi connectivity index (χ2v) is 7.06. The van der Waals surface area contributed by atoms with Crippen LogP contribution in [0.15, 0.2) is 46.0 Å². The van der Waals surface area contributed by atoms with Crippen molar-refractivity contribution in [1.82, 2.24) is 0 Å². The van der Waals surface area contributed by atoms with Crippen molar-refractivity contribution in [1.29, 1.82) is 0 Å². The van der Waals surface area contributed by atoms with E-state index in [1.807, 2.05) is 13.8 Å². The third-order valence-electron chi connectivity index (χ3n) is 2.25. The number of para-hydroxylation sites is 2. The van der Waals surface area contributed by atoms with Gasteiger partial charge in [-0.3, -0.25) is 4.72 Å². The molecule has 2 rings (SSSR count). The molecule has 2 aromatic rings. The van der Waals surface area contributed by atoms with Gasteiger partial charge in [-0.2, -0.15) is 0 Å². The van der Waals surface area contributed by atoms with Crippen molar-refractivity contribution in [3.05, 3.63) is 41.8 Å². The van der Waals surface area contributed by atoms with Gasteiger partial charge in [0.05, 0.1) is 11.8 Å². The van der Waals surface area contributed by atoms with E-state index in [-0.39, 0.29) is 10.3 Å². The van der Waals surface area contributed by atoms with Crippen molar-refractivity contribution in [2.75, 3.05) is 4.72 Å². The van der Waals surface area contributed by atoms with Gasteiger partial charge in [-0.25, -0.2) is 8.42 Å². The summed E-state index contributed by atoms with van der Waals surface area (Å²) in [6.07, 6.45) is -0.0209. The highest BCUT2D eigenvalue weighted by Crippen LogP contribution is 2.28. The smallest absolute Gasteiger partial charge is 0.271 e. The molecule has 6 heteroatoms. The minimum absolute atomic E-state index is 0.0209. The zero-order valence-electron chi connectivity index (χ0n) is 10.7. The Labute approximate surface area is 117 Å². The molecule has 0 aliphatic rings. The highest BCUT2D eigenvalue weighted by molar-refractivity contribution is 7.94. The topological polar surface area (TPSA) is 55.4 Å². The molecule has 0 aliphatic heterocycles. The van der Waals surface area contributed by atoms with E-state index in [0.717, 1.165) is 0 Å². The van der Waals surface area contributed by atoms with Gasteiger partial charge in [0.15, 0.2) is 0 Å². The summed E-state index contributed by atoms with van der Waals surface area (Å²) in [7, 11) is -3.54. The summed E-state index contributed by atoms with van der Waals surface area (Å²) in [5.41, 5.74) is 0.449. The molecule has 0 atom stereocenters. The number of sulfonamides is 1. The largest absolute Gasteiger partial charge is 0.489 e. The number of ether oxygens (including phenoxy) is 1. The van der Waals surface area contributed by atoms with Gasteiger partial charge < -0.3 is 4.74 Å². The normalized spacial score (nSPS) is 11.5. The van der Waals surface area contributed by atoms with Crippen molar-refractivity contribution >= 4 is 27.0 Å².